The van der Waals surface area contributed by atoms with Crippen molar-refractivity contribution in [3.05, 3.63) is 11.4 Å². The molecule has 1 aromatic rings. The molecular weight excluding hydrogens is 184 g/mol. The Kier molecular flexibility index (Phi) is 3.58. The number of nitrogens with two attached hydrogens (primary N) is 1. The van der Waals surface area contributed by atoms with Crippen LogP contribution in [-0.2, 0) is 22.5 Å². The highest BCUT2D eigenvalue weighted by molar-refractivity contribution is 5.76. The van der Waals surface area contributed by atoms with E-state index in [1.165, 1.54) is 0 Å². The predicted octanol–water partition coefficient (Wildman–Crippen LogP) is -0.739. The van der Waals surface area contributed by atoms with E-state index in [1.54, 1.807) is 11.8 Å². The quantitative estimate of drug-likeness (QED) is 0.675. The van der Waals surface area contributed by atoms with Gasteiger partial charge in [0.1, 0.15) is 0 Å². The molecule has 1 heterocycles. The number of hydrogen-bond donors (Lipinski definition) is 1. The number of carbonyl (C=O) groups is 1. The zero-order valence-corrected chi connectivity index (χ0v) is 8.36. The molecule has 0 saturated heterocycles. The van der Waals surface area contributed by atoms with Crippen LogP contribution in [0.3, 0.4) is 0 Å². The average Bonchev–Trinajstić information content (AvgIpc) is 2.45. The topological polar surface area (TPSA) is 83.0 Å². The summed E-state index contributed by atoms with van der Waals surface area (Å²) in [6.45, 7) is 3.06. The number of carbonyl (C=O) groups excluding carboxylic acids is 1. The lowest BCUT2D eigenvalue weighted by molar-refractivity contribution is -0.117. The van der Waals surface area contributed by atoms with Crippen molar-refractivity contribution in [1.29, 1.82) is 0 Å². The highest BCUT2D eigenvalue weighted by atomic mass is 16.5. The fourth-order valence-corrected chi connectivity index (χ4v) is 1.11. The second kappa shape index (κ2) is 4.71. The number of methoxy groups -OCH3 is 1. The normalized spacial score (nSPS) is 10.4. The molecule has 0 unspecified atom stereocenters. The number of primary amides is 1. The molecule has 0 saturated carbocycles. The van der Waals surface area contributed by atoms with Crippen molar-refractivity contribution < 1.29 is 9.53 Å². The van der Waals surface area contributed by atoms with Gasteiger partial charge in [0.25, 0.3) is 0 Å². The predicted molar refractivity (Wildman–Crippen MR) is 49.5 cm³/mol. The number of rotatable bonds is 5. The van der Waals surface area contributed by atoms with Crippen molar-refractivity contribution in [3.63, 3.8) is 0 Å². The summed E-state index contributed by atoms with van der Waals surface area (Å²) in [7, 11) is 1.62. The molecule has 6 nitrogen and oxygen atoms in total. The van der Waals surface area contributed by atoms with E-state index in [1.807, 2.05) is 6.92 Å². The third kappa shape index (κ3) is 2.53. The van der Waals surface area contributed by atoms with Crippen LogP contribution in [0.25, 0.3) is 0 Å². The maximum atomic E-state index is 10.7. The SMILES string of the molecule is COCCn1nnc(CC(N)=O)c1C. The van der Waals surface area contributed by atoms with E-state index in [0.29, 0.717) is 18.8 Å². The van der Waals surface area contributed by atoms with Crippen LogP contribution < -0.4 is 5.73 Å². The van der Waals surface area contributed by atoms with E-state index in [0.717, 1.165) is 5.69 Å². The van der Waals surface area contributed by atoms with Gasteiger partial charge in [-0.3, -0.25) is 4.79 Å². The summed E-state index contributed by atoms with van der Waals surface area (Å²) in [5, 5.41) is 7.75. The summed E-state index contributed by atoms with van der Waals surface area (Å²) in [5.41, 5.74) is 6.56. The van der Waals surface area contributed by atoms with E-state index in [-0.39, 0.29) is 6.42 Å². The van der Waals surface area contributed by atoms with Crippen molar-refractivity contribution in [1.82, 2.24) is 15.0 Å². The summed E-state index contributed by atoms with van der Waals surface area (Å²) in [6.07, 6.45) is 0.138. The van der Waals surface area contributed by atoms with Crippen molar-refractivity contribution in [2.75, 3.05) is 13.7 Å². The molecule has 0 aliphatic carbocycles. The van der Waals surface area contributed by atoms with Gasteiger partial charge in [-0.2, -0.15) is 0 Å². The lowest BCUT2D eigenvalue weighted by Crippen LogP contribution is -2.15. The summed E-state index contributed by atoms with van der Waals surface area (Å²) in [4.78, 5) is 10.7. The summed E-state index contributed by atoms with van der Waals surface area (Å²) < 4.78 is 6.61. The van der Waals surface area contributed by atoms with Crippen LogP contribution in [0, 0.1) is 6.92 Å². The van der Waals surface area contributed by atoms with Crippen molar-refractivity contribution in [3.8, 4) is 0 Å². The van der Waals surface area contributed by atoms with Gasteiger partial charge in [0.2, 0.25) is 5.91 Å². The van der Waals surface area contributed by atoms with Crippen LogP contribution >= 0.6 is 0 Å². The van der Waals surface area contributed by atoms with Gasteiger partial charge in [-0.1, -0.05) is 5.21 Å². The van der Waals surface area contributed by atoms with Crippen molar-refractivity contribution in [2.24, 2.45) is 5.73 Å². The zero-order valence-electron chi connectivity index (χ0n) is 8.36. The zero-order chi connectivity index (χ0) is 10.6. The molecule has 0 spiro atoms. The molecule has 0 atom stereocenters. The largest absolute Gasteiger partial charge is 0.383 e. The Bertz CT molecular complexity index is 321. The summed E-state index contributed by atoms with van der Waals surface area (Å²) in [5.74, 6) is -0.396. The van der Waals surface area contributed by atoms with Crippen LogP contribution in [0.2, 0.25) is 0 Å². The molecule has 1 rings (SSSR count). The van der Waals surface area contributed by atoms with E-state index in [9.17, 15) is 4.79 Å². The standard InChI is InChI=1S/C8H14N4O2/c1-6-7(5-8(9)13)10-11-12(6)3-4-14-2/h3-5H2,1-2H3,(H2,9,13). The molecule has 0 bridgehead atoms. The average molecular weight is 198 g/mol. The van der Waals surface area contributed by atoms with Crippen LogP contribution in [0.4, 0.5) is 0 Å². The number of aromatic nitrogens is 3. The first-order chi connectivity index (χ1) is 6.65. The van der Waals surface area contributed by atoms with Gasteiger partial charge in [-0.05, 0) is 6.92 Å². The Balaban J connectivity index is 2.69. The third-order valence-electron chi connectivity index (χ3n) is 1.93. The Morgan fingerprint density at radius 3 is 2.93 bits per heavy atom. The van der Waals surface area contributed by atoms with Crippen LogP contribution in [-0.4, -0.2) is 34.6 Å². The van der Waals surface area contributed by atoms with E-state index >= 15 is 0 Å². The summed E-state index contributed by atoms with van der Waals surface area (Å²) in [6, 6.07) is 0. The Morgan fingerprint density at radius 1 is 1.64 bits per heavy atom. The molecule has 1 aromatic heterocycles. The lowest BCUT2D eigenvalue weighted by Gasteiger charge is -2.01. The fourth-order valence-electron chi connectivity index (χ4n) is 1.11. The maximum Gasteiger partial charge on any atom is 0.223 e. The minimum absolute atomic E-state index is 0.138. The monoisotopic (exact) mass is 198 g/mol. The molecule has 0 radical (unpaired) electrons. The Hall–Kier alpha value is -1.43. The highest BCUT2D eigenvalue weighted by Crippen LogP contribution is 2.03. The van der Waals surface area contributed by atoms with E-state index < -0.39 is 5.91 Å². The number of amides is 1. The van der Waals surface area contributed by atoms with Crippen LogP contribution in [0.5, 0.6) is 0 Å². The minimum atomic E-state index is -0.396. The first-order valence-electron chi connectivity index (χ1n) is 4.31. The number of ether oxygens (including phenoxy) is 1. The molecule has 78 valence electrons. The van der Waals surface area contributed by atoms with Crippen LogP contribution in [0.15, 0.2) is 0 Å². The third-order valence-corrected chi connectivity index (χ3v) is 1.93. The number of nitrogens with zero attached hydrogens (tertiary/aromatic N) is 3. The Labute approximate surface area is 82.0 Å². The van der Waals surface area contributed by atoms with E-state index in [2.05, 4.69) is 10.3 Å². The van der Waals surface area contributed by atoms with E-state index in [4.69, 9.17) is 10.5 Å². The second-order valence-electron chi connectivity index (χ2n) is 2.98. The molecule has 2 N–H and O–H groups in total. The molecule has 0 fully saturated rings. The fraction of sp³-hybridized carbons (Fsp3) is 0.625. The van der Waals surface area contributed by atoms with Gasteiger partial charge in [0.15, 0.2) is 0 Å². The first kappa shape index (κ1) is 10.6. The Morgan fingerprint density at radius 2 is 2.36 bits per heavy atom. The van der Waals surface area contributed by atoms with Crippen molar-refractivity contribution >= 4 is 5.91 Å². The smallest absolute Gasteiger partial charge is 0.223 e. The van der Waals surface area contributed by atoms with Crippen molar-refractivity contribution in [2.45, 2.75) is 19.9 Å². The van der Waals surface area contributed by atoms with Gasteiger partial charge >= 0.3 is 0 Å². The molecular formula is C8H14N4O2. The molecule has 6 heteroatoms. The lowest BCUT2D eigenvalue weighted by atomic mass is 10.2. The van der Waals surface area contributed by atoms with Gasteiger partial charge < -0.3 is 10.5 Å². The van der Waals surface area contributed by atoms with Crippen LogP contribution in [0.1, 0.15) is 11.4 Å². The highest BCUT2D eigenvalue weighted by Gasteiger charge is 2.09. The van der Waals surface area contributed by atoms with Gasteiger partial charge in [0.05, 0.1) is 31.0 Å². The second-order valence-corrected chi connectivity index (χ2v) is 2.98. The number of hydrogen-bond acceptors (Lipinski definition) is 4. The summed E-state index contributed by atoms with van der Waals surface area (Å²) >= 11 is 0. The molecule has 1 amide bonds. The molecule has 0 aliphatic rings. The minimum Gasteiger partial charge on any atom is -0.383 e. The first-order valence-corrected chi connectivity index (χ1v) is 4.31. The van der Waals surface area contributed by atoms with Gasteiger partial charge in [-0.15, -0.1) is 5.10 Å². The van der Waals surface area contributed by atoms with Gasteiger partial charge in [0, 0.05) is 7.11 Å². The molecule has 0 aromatic carbocycles. The molecule has 0 aliphatic heterocycles. The van der Waals surface area contributed by atoms with Gasteiger partial charge in [-0.25, -0.2) is 4.68 Å². The maximum absolute atomic E-state index is 10.7. The molecule has 14 heavy (non-hydrogen) atoms.